The van der Waals surface area contributed by atoms with Gasteiger partial charge < -0.3 is 4.74 Å². The summed E-state index contributed by atoms with van der Waals surface area (Å²) in [4.78, 5) is 11.2. The second kappa shape index (κ2) is 6.82. The van der Waals surface area contributed by atoms with Gasteiger partial charge in [0.25, 0.3) is 0 Å². The van der Waals surface area contributed by atoms with Crippen molar-refractivity contribution in [3.05, 3.63) is 0 Å². The highest BCUT2D eigenvalue weighted by Crippen LogP contribution is 2.22. The number of esters is 1. The van der Waals surface area contributed by atoms with Gasteiger partial charge in [0, 0.05) is 4.83 Å². The quantitative estimate of drug-likeness (QED) is 0.575. The van der Waals surface area contributed by atoms with Crippen LogP contribution in [0.5, 0.6) is 0 Å². The van der Waals surface area contributed by atoms with Gasteiger partial charge in [-0.05, 0) is 19.3 Å². The molecule has 0 rings (SSSR count). The van der Waals surface area contributed by atoms with Crippen LogP contribution in [0.3, 0.4) is 0 Å². The second-order valence-electron chi connectivity index (χ2n) is 3.30. The van der Waals surface area contributed by atoms with Crippen LogP contribution in [0.25, 0.3) is 0 Å². The first kappa shape index (κ1) is 13.4. The molecular weight excluding hydrogens is 300 g/mol. The van der Waals surface area contributed by atoms with Crippen LogP contribution in [-0.2, 0) is 9.53 Å². The minimum atomic E-state index is -0.241. The lowest BCUT2D eigenvalue weighted by molar-refractivity contribution is -0.142. The van der Waals surface area contributed by atoms with E-state index >= 15 is 0 Å². The molecule has 0 aromatic carbocycles. The average molecular weight is 316 g/mol. The summed E-state index contributed by atoms with van der Waals surface area (Å²) in [5.74, 6) is 0.379. The van der Waals surface area contributed by atoms with Crippen LogP contribution in [-0.4, -0.2) is 22.2 Å². The Bertz CT molecular complexity index is 160. The van der Waals surface area contributed by atoms with Crippen molar-refractivity contribution in [1.29, 1.82) is 0 Å². The summed E-state index contributed by atoms with van der Waals surface area (Å²) in [6.45, 7) is 6.49. The first-order valence-electron chi connectivity index (χ1n) is 4.43. The molecule has 0 amide bonds. The minimum Gasteiger partial charge on any atom is -0.465 e. The maximum Gasteiger partial charge on any atom is 0.320 e. The Labute approximate surface area is 96.7 Å². The Morgan fingerprint density at radius 3 is 2.31 bits per heavy atom. The van der Waals surface area contributed by atoms with Crippen molar-refractivity contribution in [3.8, 4) is 0 Å². The lowest BCUT2D eigenvalue weighted by atomic mass is 10.1. The van der Waals surface area contributed by atoms with Gasteiger partial charge in [-0.2, -0.15) is 0 Å². The van der Waals surface area contributed by atoms with Crippen molar-refractivity contribution in [2.75, 3.05) is 6.61 Å². The molecule has 4 heteroatoms. The zero-order valence-corrected chi connectivity index (χ0v) is 11.4. The Balaban J connectivity index is 3.93. The molecule has 0 aromatic rings. The molecule has 0 N–H and O–H groups in total. The molecule has 0 aliphatic heterocycles. The van der Waals surface area contributed by atoms with Crippen LogP contribution in [0.2, 0.25) is 0 Å². The maximum absolute atomic E-state index is 11.3. The molecule has 0 bridgehead atoms. The van der Waals surface area contributed by atoms with E-state index in [1.807, 2.05) is 6.92 Å². The Morgan fingerprint density at radius 2 is 1.92 bits per heavy atom. The Hall–Kier alpha value is 0.430. The lowest BCUT2D eigenvalue weighted by Gasteiger charge is -2.16. The van der Waals surface area contributed by atoms with Crippen LogP contribution < -0.4 is 0 Å². The van der Waals surface area contributed by atoms with E-state index in [9.17, 15) is 4.79 Å². The summed E-state index contributed by atoms with van der Waals surface area (Å²) in [6.07, 6.45) is 0.953. The summed E-state index contributed by atoms with van der Waals surface area (Å²) >= 11 is 6.78. The standard InChI is InChI=1S/C9H16Br2O2/c1-4-13-9(12)8(11)7(10)5-6(2)3/h6-8H,4-5H2,1-3H3. The van der Waals surface area contributed by atoms with E-state index in [1.54, 1.807) is 0 Å². The van der Waals surface area contributed by atoms with Gasteiger partial charge in [-0.1, -0.05) is 45.7 Å². The third kappa shape index (κ3) is 5.68. The van der Waals surface area contributed by atoms with Crippen molar-refractivity contribution in [1.82, 2.24) is 0 Å². The number of hydrogen-bond donors (Lipinski definition) is 0. The van der Waals surface area contributed by atoms with E-state index in [4.69, 9.17) is 4.74 Å². The lowest BCUT2D eigenvalue weighted by Crippen LogP contribution is -2.27. The van der Waals surface area contributed by atoms with Gasteiger partial charge in [-0.3, -0.25) is 4.79 Å². The fourth-order valence-electron chi connectivity index (χ4n) is 0.939. The number of carbonyl (C=O) groups excluding carboxylic acids is 1. The van der Waals surface area contributed by atoms with E-state index in [0.29, 0.717) is 12.5 Å². The Morgan fingerprint density at radius 1 is 1.38 bits per heavy atom. The fourth-order valence-corrected chi connectivity index (χ4v) is 2.25. The monoisotopic (exact) mass is 314 g/mol. The molecule has 78 valence electrons. The number of alkyl halides is 2. The first-order chi connectivity index (χ1) is 5.99. The molecular formula is C9H16Br2O2. The van der Waals surface area contributed by atoms with Gasteiger partial charge in [-0.15, -0.1) is 0 Å². The van der Waals surface area contributed by atoms with Crippen LogP contribution in [0.15, 0.2) is 0 Å². The summed E-state index contributed by atoms with van der Waals surface area (Å²) in [6, 6.07) is 0. The number of carbonyl (C=O) groups is 1. The normalized spacial score (nSPS) is 15.5. The zero-order chi connectivity index (χ0) is 10.4. The van der Waals surface area contributed by atoms with E-state index < -0.39 is 0 Å². The first-order valence-corrected chi connectivity index (χ1v) is 6.27. The van der Waals surface area contributed by atoms with Crippen LogP contribution in [0.4, 0.5) is 0 Å². The van der Waals surface area contributed by atoms with E-state index in [-0.39, 0.29) is 15.6 Å². The van der Waals surface area contributed by atoms with Gasteiger partial charge in [0.1, 0.15) is 4.83 Å². The third-order valence-electron chi connectivity index (χ3n) is 1.53. The molecule has 2 unspecified atom stereocenters. The molecule has 0 aliphatic rings. The van der Waals surface area contributed by atoms with Gasteiger partial charge >= 0.3 is 5.97 Å². The zero-order valence-electron chi connectivity index (χ0n) is 8.22. The summed E-state index contributed by atoms with van der Waals surface area (Å²) < 4.78 is 4.89. The molecule has 0 saturated carbocycles. The smallest absolute Gasteiger partial charge is 0.320 e. The maximum atomic E-state index is 11.3. The molecule has 0 aliphatic carbocycles. The van der Waals surface area contributed by atoms with Gasteiger partial charge in [0.2, 0.25) is 0 Å². The van der Waals surface area contributed by atoms with Gasteiger partial charge in [0.05, 0.1) is 6.61 Å². The summed E-state index contributed by atoms with van der Waals surface area (Å²) in [5, 5.41) is 0. The SMILES string of the molecule is CCOC(=O)C(Br)C(Br)CC(C)C. The van der Waals surface area contributed by atoms with Crippen LogP contribution in [0.1, 0.15) is 27.2 Å². The fraction of sp³-hybridized carbons (Fsp3) is 0.889. The average Bonchev–Trinajstić information content (AvgIpc) is 2.02. The van der Waals surface area contributed by atoms with Crippen molar-refractivity contribution in [3.63, 3.8) is 0 Å². The largest absolute Gasteiger partial charge is 0.465 e. The molecule has 0 fully saturated rings. The van der Waals surface area contributed by atoms with Crippen molar-refractivity contribution < 1.29 is 9.53 Å². The highest BCUT2D eigenvalue weighted by molar-refractivity contribution is 9.12. The molecule has 0 saturated heterocycles. The second-order valence-corrected chi connectivity index (χ2v) is 5.46. The van der Waals surface area contributed by atoms with Crippen molar-refractivity contribution >= 4 is 37.8 Å². The Kier molecular flexibility index (Phi) is 7.05. The topological polar surface area (TPSA) is 26.3 Å². The number of hydrogen-bond acceptors (Lipinski definition) is 2. The predicted molar refractivity (Wildman–Crippen MR) is 61.5 cm³/mol. The third-order valence-corrected chi connectivity index (χ3v) is 4.15. The molecule has 2 nitrogen and oxygen atoms in total. The highest BCUT2D eigenvalue weighted by atomic mass is 79.9. The van der Waals surface area contributed by atoms with Crippen LogP contribution >= 0.6 is 31.9 Å². The molecule has 13 heavy (non-hydrogen) atoms. The number of halogens is 2. The summed E-state index contributed by atoms with van der Waals surface area (Å²) in [5.41, 5.74) is 0. The van der Waals surface area contributed by atoms with E-state index in [1.165, 1.54) is 0 Å². The molecule has 2 atom stereocenters. The number of rotatable bonds is 5. The molecule has 0 heterocycles. The van der Waals surface area contributed by atoms with Crippen molar-refractivity contribution in [2.45, 2.75) is 36.8 Å². The number of ether oxygens (including phenoxy) is 1. The molecule has 0 radical (unpaired) electrons. The van der Waals surface area contributed by atoms with E-state index in [2.05, 4.69) is 45.7 Å². The van der Waals surface area contributed by atoms with Gasteiger partial charge in [-0.25, -0.2) is 0 Å². The molecule has 0 aromatic heterocycles. The van der Waals surface area contributed by atoms with Crippen LogP contribution in [0, 0.1) is 5.92 Å². The van der Waals surface area contributed by atoms with E-state index in [0.717, 1.165) is 6.42 Å². The minimum absolute atomic E-state index is 0.145. The van der Waals surface area contributed by atoms with Crippen molar-refractivity contribution in [2.24, 2.45) is 5.92 Å². The predicted octanol–water partition coefficient (Wildman–Crippen LogP) is 3.12. The highest BCUT2D eigenvalue weighted by Gasteiger charge is 2.25. The van der Waals surface area contributed by atoms with Gasteiger partial charge in [0.15, 0.2) is 0 Å². The summed E-state index contributed by atoms with van der Waals surface area (Å²) in [7, 11) is 0. The molecule has 0 spiro atoms.